The largest absolute Gasteiger partial charge is 0.394 e. The smallest absolute Gasteiger partial charge is 0.228 e. The van der Waals surface area contributed by atoms with E-state index in [4.69, 9.17) is 15.3 Å². The Balaban J connectivity index is 2.53. The van der Waals surface area contributed by atoms with Gasteiger partial charge in [0.1, 0.15) is 18.3 Å². The van der Waals surface area contributed by atoms with Crippen molar-refractivity contribution in [3.63, 3.8) is 0 Å². The van der Waals surface area contributed by atoms with E-state index in [1.54, 1.807) is 0 Å². The Morgan fingerprint density at radius 3 is 2.10 bits per heavy atom. The third kappa shape index (κ3) is 1.13. The highest BCUT2D eigenvalue weighted by Gasteiger charge is 2.42. The molecule has 1 aliphatic heterocycles. The van der Waals surface area contributed by atoms with E-state index in [0.717, 1.165) is 0 Å². The Hall–Kier alpha value is -0.230. The van der Waals surface area contributed by atoms with Gasteiger partial charge in [0, 0.05) is 0 Å². The number of rotatable bonds is 1. The molecule has 1 unspecified atom stereocenters. The number of halogens is 1. The first-order valence-electron chi connectivity index (χ1n) is 2.93. The Morgan fingerprint density at radius 1 is 1.30 bits per heavy atom. The number of aliphatic hydroxyl groups excluding tert-OH is 3. The van der Waals surface area contributed by atoms with E-state index in [1.807, 2.05) is 0 Å². The highest BCUT2D eigenvalue weighted by atomic mass is 19.1. The Morgan fingerprint density at radius 2 is 1.90 bits per heavy atom. The lowest BCUT2D eigenvalue weighted by Crippen LogP contribution is -2.32. The minimum Gasteiger partial charge on any atom is -0.394 e. The summed E-state index contributed by atoms with van der Waals surface area (Å²) in [5.74, 6) is 0. The van der Waals surface area contributed by atoms with Crippen molar-refractivity contribution in [2.45, 2.75) is 24.7 Å². The normalized spacial score (nSPS) is 48.0. The van der Waals surface area contributed by atoms with Gasteiger partial charge in [-0.3, -0.25) is 0 Å². The maximum atomic E-state index is 12.3. The fraction of sp³-hybridized carbons (Fsp3) is 1.00. The molecule has 0 bridgehead atoms. The summed E-state index contributed by atoms with van der Waals surface area (Å²) >= 11 is 0. The molecule has 1 aliphatic rings. The molecular formula is C5H9FO4. The van der Waals surface area contributed by atoms with E-state index in [2.05, 4.69) is 4.74 Å². The third-order valence-electron chi connectivity index (χ3n) is 1.48. The zero-order valence-electron chi connectivity index (χ0n) is 5.14. The predicted octanol–water partition coefficient (Wildman–Crippen LogP) is -1.61. The van der Waals surface area contributed by atoms with Crippen molar-refractivity contribution in [2.75, 3.05) is 6.61 Å². The molecule has 0 spiro atoms. The summed E-state index contributed by atoms with van der Waals surface area (Å²) in [6.07, 6.45) is -5.73. The van der Waals surface area contributed by atoms with Crippen LogP contribution in [-0.2, 0) is 4.74 Å². The fourth-order valence-corrected chi connectivity index (χ4v) is 0.854. The van der Waals surface area contributed by atoms with Gasteiger partial charge in [0.2, 0.25) is 6.36 Å². The van der Waals surface area contributed by atoms with Crippen LogP contribution in [0.15, 0.2) is 0 Å². The first-order chi connectivity index (χ1) is 4.66. The van der Waals surface area contributed by atoms with Gasteiger partial charge in [0.15, 0.2) is 0 Å². The molecule has 3 N–H and O–H groups in total. The van der Waals surface area contributed by atoms with Crippen LogP contribution < -0.4 is 0 Å². The van der Waals surface area contributed by atoms with Gasteiger partial charge in [-0.25, -0.2) is 4.39 Å². The Kier molecular flexibility index (Phi) is 2.20. The van der Waals surface area contributed by atoms with Gasteiger partial charge < -0.3 is 20.1 Å². The molecule has 60 valence electrons. The minimum absolute atomic E-state index is 0.487. The number of hydrogen-bond donors (Lipinski definition) is 3. The molecular weight excluding hydrogens is 143 g/mol. The predicted molar refractivity (Wildman–Crippen MR) is 28.9 cm³/mol. The first-order valence-corrected chi connectivity index (χ1v) is 2.93. The van der Waals surface area contributed by atoms with Crippen molar-refractivity contribution in [1.29, 1.82) is 0 Å². The van der Waals surface area contributed by atoms with Crippen LogP contribution in [0, 0.1) is 0 Å². The van der Waals surface area contributed by atoms with Crippen LogP contribution in [0.3, 0.4) is 0 Å². The van der Waals surface area contributed by atoms with Crippen LogP contribution in [0.4, 0.5) is 4.39 Å². The average Bonchev–Trinajstić information content (AvgIpc) is 2.17. The van der Waals surface area contributed by atoms with Crippen LogP contribution in [-0.4, -0.2) is 46.6 Å². The lowest BCUT2D eigenvalue weighted by Gasteiger charge is -2.09. The number of hydrogen-bond acceptors (Lipinski definition) is 4. The maximum Gasteiger partial charge on any atom is 0.228 e. The highest BCUT2D eigenvalue weighted by molar-refractivity contribution is 4.85. The standard InChI is InChI=1S/C5H9FO4/c6-5-4(9)3(8)2(1-7)10-5/h2-5,7-9H,1H2/t2-,3?,4+,5-/m1/s1. The second kappa shape index (κ2) is 2.79. The third-order valence-corrected chi connectivity index (χ3v) is 1.48. The molecule has 1 rings (SSSR count). The van der Waals surface area contributed by atoms with Crippen molar-refractivity contribution in [2.24, 2.45) is 0 Å². The number of alkyl halides is 1. The Bertz CT molecular complexity index is 120. The van der Waals surface area contributed by atoms with Gasteiger partial charge in [-0.1, -0.05) is 0 Å². The van der Waals surface area contributed by atoms with Crippen LogP contribution in [0.25, 0.3) is 0 Å². The molecule has 0 aromatic carbocycles. The molecule has 10 heavy (non-hydrogen) atoms. The van der Waals surface area contributed by atoms with Crippen molar-refractivity contribution in [3.8, 4) is 0 Å². The molecule has 1 fully saturated rings. The maximum absolute atomic E-state index is 12.3. The zero-order valence-corrected chi connectivity index (χ0v) is 5.14. The molecule has 0 saturated carbocycles. The summed E-state index contributed by atoms with van der Waals surface area (Å²) < 4.78 is 16.6. The van der Waals surface area contributed by atoms with Crippen molar-refractivity contribution >= 4 is 0 Å². The molecule has 0 aromatic heterocycles. The van der Waals surface area contributed by atoms with Gasteiger partial charge in [-0.15, -0.1) is 0 Å². The number of aliphatic hydroxyl groups is 3. The summed E-state index contributed by atoms with van der Waals surface area (Å²) in [7, 11) is 0. The van der Waals surface area contributed by atoms with E-state index < -0.39 is 31.3 Å². The van der Waals surface area contributed by atoms with Crippen LogP contribution in [0.2, 0.25) is 0 Å². The summed E-state index contributed by atoms with van der Waals surface area (Å²) in [5, 5.41) is 26.0. The topological polar surface area (TPSA) is 69.9 Å². The summed E-state index contributed by atoms with van der Waals surface area (Å²) in [4.78, 5) is 0. The van der Waals surface area contributed by atoms with E-state index >= 15 is 0 Å². The van der Waals surface area contributed by atoms with Gasteiger partial charge in [0.25, 0.3) is 0 Å². The van der Waals surface area contributed by atoms with Gasteiger partial charge in [0.05, 0.1) is 6.61 Å². The fourth-order valence-electron chi connectivity index (χ4n) is 0.854. The molecule has 4 atom stereocenters. The molecule has 0 aromatic rings. The van der Waals surface area contributed by atoms with Crippen LogP contribution in [0.1, 0.15) is 0 Å². The number of ether oxygens (including phenoxy) is 1. The van der Waals surface area contributed by atoms with Crippen molar-refractivity contribution in [3.05, 3.63) is 0 Å². The van der Waals surface area contributed by atoms with Crippen molar-refractivity contribution < 1.29 is 24.4 Å². The monoisotopic (exact) mass is 152 g/mol. The summed E-state index contributed by atoms with van der Waals surface area (Å²) in [6.45, 7) is -0.487. The van der Waals surface area contributed by atoms with Gasteiger partial charge in [-0.05, 0) is 0 Å². The van der Waals surface area contributed by atoms with E-state index in [0.29, 0.717) is 0 Å². The molecule has 0 amide bonds. The minimum atomic E-state index is -1.88. The molecule has 1 heterocycles. The highest BCUT2D eigenvalue weighted by Crippen LogP contribution is 2.21. The second-order valence-corrected chi connectivity index (χ2v) is 2.19. The van der Waals surface area contributed by atoms with Gasteiger partial charge in [-0.2, -0.15) is 0 Å². The van der Waals surface area contributed by atoms with Crippen LogP contribution >= 0.6 is 0 Å². The van der Waals surface area contributed by atoms with Crippen molar-refractivity contribution in [1.82, 2.24) is 0 Å². The average molecular weight is 152 g/mol. The van der Waals surface area contributed by atoms with E-state index in [1.165, 1.54) is 0 Å². The molecule has 5 heteroatoms. The molecule has 0 aliphatic carbocycles. The van der Waals surface area contributed by atoms with E-state index in [9.17, 15) is 4.39 Å². The quantitative estimate of drug-likeness (QED) is 0.423. The molecule has 1 saturated heterocycles. The SMILES string of the molecule is OC[C@H]1O[C@@H](F)[C@@H](O)C1O. The van der Waals surface area contributed by atoms with Crippen LogP contribution in [0.5, 0.6) is 0 Å². The summed E-state index contributed by atoms with van der Waals surface area (Å²) in [5.41, 5.74) is 0. The summed E-state index contributed by atoms with van der Waals surface area (Å²) in [6, 6.07) is 0. The first kappa shape index (κ1) is 7.87. The molecule has 0 radical (unpaired) electrons. The lowest BCUT2D eigenvalue weighted by molar-refractivity contribution is -0.0822. The second-order valence-electron chi connectivity index (χ2n) is 2.19. The lowest BCUT2D eigenvalue weighted by atomic mass is 10.1. The Labute approximate surface area is 56.9 Å². The van der Waals surface area contributed by atoms with E-state index in [-0.39, 0.29) is 0 Å². The van der Waals surface area contributed by atoms with Gasteiger partial charge >= 0.3 is 0 Å². The zero-order chi connectivity index (χ0) is 7.72. The molecule has 4 nitrogen and oxygen atoms in total.